The minimum Gasteiger partial charge on any atom is -0.496 e. The number of amides is 2. The molecule has 0 spiro atoms. The molecule has 43 heavy (non-hydrogen) atoms. The Morgan fingerprint density at radius 1 is 0.977 bits per heavy atom. The van der Waals surface area contributed by atoms with E-state index in [0.29, 0.717) is 40.6 Å². The Hall–Kier alpha value is -5.05. The first-order valence-electron chi connectivity index (χ1n) is 13.9. The highest BCUT2D eigenvalue weighted by Crippen LogP contribution is 2.45. The number of hydrogen-bond acceptors (Lipinski definition) is 6. The van der Waals surface area contributed by atoms with E-state index in [2.05, 4.69) is 10.6 Å². The lowest BCUT2D eigenvalue weighted by Gasteiger charge is -2.39. The van der Waals surface area contributed by atoms with Gasteiger partial charge in [0.05, 0.1) is 18.5 Å². The molecule has 0 aliphatic carbocycles. The quantitative estimate of drug-likeness (QED) is 0.236. The maximum atomic E-state index is 14.1. The van der Waals surface area contributed by atoms with Crippen molar-refractivity contribution in [2.75, 3.05) is 24.4 Å². The van der Waals surface area contributed by atoms with Crippen molar-refractivity contribution < 1.29 is 28.2 Å². The first-order chi connectivity index (χ1) is 20.6. The molecule has 4 aromatic rings. The number of hydrogen-bond donors (Lipinski definition) is 2. The molecule has 0 saturated carbocycles. The number of methoxy groups -OCH3 is 1. The van der Waals surface area contributed by atoms with Crippen LogP contribution in [0.2, 0.25) is 0 Å². The zero-order valence-corrected chi connectivity index (χ0v) is 24.8. The molecule has 0 atom stereocenters. The van der Waals surface area contributed by atoms with E-state index in [9.17, 15) is 14.0 Å². The lowest BCUT2D eigenvalue weighted by atomic mass is 9.91. The molecular weight excluding hydrogens is 549 g/mol. The molecule has 1 heterocycles. The highest BCUT2D eigenvalue weighted by Gasteiger charge is 2.38. The summed E-state index contributed by atoms with van der Waals surface area (Å²) in [7, 11) is 3.26. The van der Waals surface area contributed by atoms with Crippen molar-refractivity contribution >= 4 is 23.4 Å². The Morgan fingerprint density at radius 2 is 1.72 bits per heavy atom. The normalized spacial score (nSPS) is 13.5. The monoisotopic (exact) mass is 583 g/mol. The van der Waals surface area contributed by atoms with Gasteiger partial charge in [0.15, 0.2) is 0 Å². The van der Waals surface area contributed by atoms with Gasteiger partial charge in [-0.15, -0.1) is 0 Å². The standard InChI is InChI=1S/C34H34FN3O5/c1-21-11-12-23(35)17-29(21)42-20-27-25(15-16-28-31(27)38(4)32(39)34(2,3)37-28)26-14-13-24(18-30(26)41-5)43-33(40)36-19-22-9-7-6-8-10-22/h6-18,37H,19-20H2,1-5H3,(H,36,40). The summed E-state index contributed by atoms with van der Waals surface area (Å²) in [6.07, 6.45) is -0.596. The van der Waals surface area contributed by atoms with Gasteiger partial charge >= 0.3 is 6.09 Å². The van der Waals surface area contributed by atoms with Crippen LogP contribution in [0.1, 0.15) is 30.5 Å². The molecule has 5 rings (SSSR count). The van der Waals surface area contributed by atoms with Gasteiger partial charge in [-0.3, -0.25) is 4.79 Å². The SMILES string of the molecule is COc1cc(OC(=O)NCc2ccccc2)ccc1-c1ccc2c(c1COc1cc(F)ccc1C)N(C)C(=O)C(C)(C)N2. The summed E-state index contributed by atoms with van der Waals surface area (Å²) >= 11 is 0. The van der Waals surface area contributed by atoms with E-state index in [4.69, 9.17) is 14.2 Å². The molecule has 8 nitrogen and oxygen atoms in total. The first-order valence-corrected chi connectivity index (χ1v) is 13.9. The van der Waals surface area contributed by atoms with Crippen LogP contribution in [0.3, 0.4) is 0 Å². The molecule has 9 heteroatoms. The highest BCUT2D eigenvalue weighted by atomic mass is 19.1. The van der Waals surface area contributed by atoms with Crippen molar-refractivity contribution in [3.05, 3.63) is 101 Å². The van der Waals surface area contributed by atoms with E-state index in [1.165, 1.54) is 19.2 Å². The number of likely N-dealkylation sites (N-methyl/N-ethyl adjacent to an activating group) is 1. The summed E-state index contributed by atoms with van der Waals surface area (Å²) in [5, 5.41) is 6.08. The van der Waals surface area contributed by atoms with Gasteiger partial charge in [0.2, 0.25) is 0 Å². The number of ether oxygens (including phenoxy) is 3. The van der Waals surface area contributed by atoms with Gasteiger partial charge in [-0.2, -0.15) is 0 Å². The molecular formula is C34H34FN3O5. The fourth-order valence-electron chi connectivity index (χ4n) is 5.18. The second kappa shape index (κ2) is 12.1. The van der Waals surface area contributed by atoms with Crippen molar-refractivity contribution in [1.29, 1.82) is 0 Å². The van der Waals surface area contributed by atoms with Crippen molar-refractivity contribution in [3.8, 4) is 28.4 Å². The minimum absolute atomic E-state index is 0.0474. The Morgan fingerprint density at radius 3 is 2.47 bits per heavy atom. The Kier molecular flexibility index (Phi) is 8.25. The Labute approximate surface area is 250 Å². The molecule has 4 aromatic carbocycles. The highest BCUT2D eigenvalue weighted by molar-refractivity contribution is 6.08. The van der Waals surface area contributed by atoms with E-state index in [0.717, 1.165) is 22.4 Å². The third-order valence-corrected chi connectivity index (χ3v) is 7.38. The molecule has 222 valence electrons. The van der Waals surface area contributed by atoms with Gasteiger partial charge in [0.25, 0.3) is 5.91 Å². The van der Waals surface area contributed by atoms with Gasteiger partial charge in [-0.05, 0) is 61.7 Å². The van der Waals surface area contributed by atoms with E-state index >= 15 is 0 Å². The first kappa shape index (κ1) is 29.4. The number of carbonyl (C=O) groups is 2. The summed E-state index contributed by atoms with van der Waals surface area (Å²) in [4.78, 5) is 27.4. The van der Waals surface area contributed by atoms with E-state index in [1.54, 1.807) is 36.2 Å². The summed E-state index contributed by atoms with van der Waals surface area (Å²) < 4.78 is 31.5. The van der Waals surface area contributed by atoms with Crippen LogP contribution < -0.4 is 29.7 Å². The smallest absolute Gasteiger partial charge is 0.412 e. The molecule has 0 aromatic heterocycles. The number of anilines is 2. The van der Waals surface area contributed by atoms with Crippen LogP contribution in [0, 0.1) is 12.7 Å². The zero-order valence-electron chi connectivity index (χ0n) is 24.8. The van der Waals surface area contributed by atoms with Crippen LogP contribution in [0.25, 0.3) is 11.1 Å². The molecule has 0 radical (unpaired) electrons. The molecule has 0 unspecified atom stereocenters. The lowest BCUT2D eigenvalue weighted by molar-refractivity contribution is -0.121. The molecule has 0 bridgehead atoms. The number of nitrogens with one attached hydrogen (secondary N) is 2. The van der Waals surface area contributed by atoms with Crippen molar-refractivity contribution in [1.82, 2.24) is 5.32 Å². The fourth-order valence-corrected chi connectivity index (χ4v) is 5.18. The topological polar surface area (TPSA) is 89.1 Å². The van der Waals surface area contributed by atoms with Gasteiger partial charge in [0, 0.05) is 36.9 Å². The van der Waals surface area contributed by atoms with E-state index in [-0.39, 0.29) is 12.5 Å². The third kappa shape index (κ3) is 6.25. The summed E-state index contributed by atoms with van der Waals surface area (Å²) in [6.45, 7) is 5.87. The molecule has 2 amide bonds. The predicted octanol–water partition coefficient (Wildman–Crippen LogP) is 6.84. The van der Waals surface area contributed by atoms with Crippen molar-refractivity contribution in [2.24, 2.45) is 0 Å². The zero-order chi connectivity index (χ0) is 30.7. The largest absolute Gasteiger partial charge is 0.496 e. The van der Waals surface area contributed by atoms with Crippen LogP contribution in [-0.4, -0.2) is 31.7 Å². The maximum Gasteiger partial charge on any atom is 0.412 e. The number of halogens is 1. The summed E-state index contributed by atoms with van der Waals surface area (Å²) in [5.41, 5.74) is 4.47. The average molecular weight is 584 g/mol. The van der Waals surface area contributed by atoms with Crippen LogP contribution in [0.15, 0.2) is 78.9 Å². The van der Waals surface area contributed by atoms with Gasteiger partial charge in [-0.25, -0.2) is 9.18 Å². The minimum atomic E-state index is -0.807. The number of carbonyl (C=O) groups excluding carboxylic acids is 2. The predicted molar refractivity (Wildman–Crippen MR) is 164 cm³/mol. The van der Waals surface area contributed by atoms with Crippen LogP contribution in [0.5, 0.6) is 17.2 Å². The second-order valence-corrected chi connectivity index (χ2v) is 10.9. The van der Waals surface area contributed by atoms with Gasteiger partial charge in [0.1, 0.15) is 35.2 Å². The van der Waals surface area contributed by atoms with E-state index in [1.807, 2.05) is 63.2 Å². The maximum absolute atomic E-state index is 14.1. The van der Waals surface area contributed by atoms with Gasteiger partial charge in [-0.1, -0.05) is 42.5 Å². The molecule has 1 aliphatic heterocycles. The number of rotatable bonds is 8. The number of aryl methyl sites for hydroxylation is 1. The molecule has 0 saturated heterocycles. The van der Waals surface area contributed by atoms with Crippen LogP contribution >= 0.6 is 0 Å². The number of nitrogens with zero attached hydrogens (tertiary/aromatic N) is 1. The molecule has 1 aliphatic rings. The average Bonchev–Trinajstić information content (AvgIpc) is 2.99. The van der Waals surface area contributed by atoms with Crippen LogP contribution in [-0.2, 0) is 17.9 Å². The number of benzene rings is 4. The molecule has 2 N–H and O–H groups in total. The van der Waals surface area contributed by atoms with E-state index < -0.39 is 17.4 Å². The lowest BCUT2D eigenvalue weighted by Crippen LogP contribution is -2.52. The van der Waals surface area contributed by atoms with Crippen molar-refractivity contribution in [2.45, 2.75) is 39.5 Å². The van der Waals surface area contributed by atoms with Crippen LogP contribution in [0.4, 0.5) is 20.6 Å². The molecule has 0 fully saturated rings. The summed E-state index contributed by atoms with van der Waals surface area (Å²) in [5.74, 6) is 0.635. The second-order valence-electron chi connectivity index (χ2n) is 10.9. The fraction of sp³-hybridized carbons (Fsp3) is 0.235. The third-order valence-electron chi connectivity index (χ3n) is 7.38. The Balaban J connectivity index is 1.49. The number of fused-ring (bicyclic) bond motifs is 1. The van der Waals surface area contributed by atoms with Gasteiger partial charge < -0.3 is 29.7 Å². The summed E-state index contributed by atoms with van der Waals surface area (Å²) in [6, 6.07) is 22.8. The Bertz CT molecular complexity index is 1670. The van der Waals surface area contributed by atoms with Crippen molar-refractivity contribution in [3.63, 3.8) is 0 Å².